The van der Waals surface area contributed by atoms with Crippen molar-refractivity contribution >= 4 is 12.3 Å². The first-order valence-electron chi connectivity index (χ1n) is 7.37. The lowest BCUT2D eigenvalue weighted by molar-refractivity contribution is -0.0189. The van der Waals surface area contributed by atoms with Gasteiger partial charge in [-0.3, -0.25) is 0 Å². The Kier molecular flexibility index (Phi) is 7.84. The first-order chi connectivity index (χ1) is 9.58. The summed E-state index contributed by atoms with van der Waals surface area (Å²) < 4.78 is 10.7. The minimum Gasteiger partial charge on any atom is -0.450 e. The molecule has 2 N–H and O–H groups in total. The summed E-state index contributed by atoms with van der Waals surface area (Å²) in [5.41, 5.74) is 0. The van der Waals surface area contributed by atoms with Crippen LogP contribution in [0, 0.1) is 0 Å². The van der Waals surface area contributed by atoms with Crippen LogP contribution in [-0.2, 0) is 9.47 Å². The molecule has 2 saturated carbocycles. The van der Waals surface area contributed by atoms with Crippen molar-refractivity contribution in [2.24, 2.45) is 0 Å². The second kappa shape index (κ2) is 9.44. The molecule has 0 aromatic carbocycles. The second-order valence-electron chi connectivity index (χ2n) is 5.29. The molecule has 0 saturated heterocycles. The van der Waals surface area contributed by atoms with Crippen LogP contribution in [0.25, 0.3) is 0 Å². The number of hydrogen-bond donors (Lipinski definition) is 2. The minimum atomic E-state index is -1.83. The zero-order valence-corrected chi connectivity index (χ0v) is 11.8. The summed E-state index contributed by atoms with van der Waals surface area (Å²) >= 11 is 0. The lowest BCUT2D eigenvalue weighted by Gasteiger charge is -2.25. The quantitative estimate of drug-likeness (QED) is 0.745. The maximum Gasteiger partial charge on any atom is 0.508 e. The molecule has 116 valence electrons. The molecule has 0 radical (unpaired) electrons. The highest BCUT2D eigenvalue weighted by molar-refractivity contribution is 5.60. The number of hydrogen-bond acceptors (Lipinski definition) is 4. The molecule has 2 aliphatic rings. The Bertz CT molecular complexity index is 266. The predicted molar refractivity (Wildman–Crippen MR) is 72.0 cm³/mol. The van der Waals surface area contributed by atoms with E-state index in [-0.39, 0.29) is 12.2 Å². The molecular formula is C14H24O6. The van der Waals surface area contributed by atoms with Crippen LogP contribution in [0.2, 0.25) is 0 Å². The van der Waals surface area contributed by atoms with Crippen molar-refractivity contribution in [3.63, 3.8) is 0 Å². The standard InChI is InChI=1S/C13H22O3.CH2O3/c14-13(15-11-7-3-1-4-8-11)16-12-9-5-2-6-10-12;2-1(3)4/h11-12H,1-10H2;(H2,2,3,4). The van der Waals surface area contributed by atoms with Crippen LogP contribution in [-0.4, -0.2) is 34.7 Å². The molecule has 0 aromatic heterocycles. The number of carbonyl (C=O) groups is 2. The van der Waals surface area contributed by atoms with Gasteiger partial charge in [-0.2, -0.15) is 0 Å². The third-order valence-electron chi connectivity index (χ3n) is 3.63. The van der Waals surface area contributed by atoms with Crippen LogP contribution in [0.4, 0.5) is 9.59 Å². The molecule has 20 heavy (non-hydrogen) atoms. The van der Waals surface area contributed by atoms with E-state index < -0.39 is 12.3 Å². The summed E-state index contributed by atoms with van der Waals surface area (Å²) in [7, 11) is 0. The van der Waals surface area contributed by atoms with Crippen LogP contribution >= 0.6 is 0 Å². The number of rotatable bonds is 2. The van der Waals surface area contributed by atoms with Gasteiger partial charge in [-0.15, -0.1) is 0 Å². The summed E-state index contributed by atoms with van der Waals surface area (Å²) in [4.78, 5) is 20.1. The van der Waals surface area contributed by atoms with Crippen molar-refractivity contribution in [1.82, 2.24) is 0 Å². The van der Waals surface area contributed by atoms with Crippen LogP contribution in [0.1, 0.15) is 64.2 Å². The van der Waals surface area contributed by atoms with E-state index >= 15 is 0 Å². The van der Waals surface area contributed by atoms with Crippen LogP contribution in [0.5, 0.6) is 0 Å². The molecule has 2 aliphatic carbocycles. The van der Waals surface area contributed by atoms with E-state index in [0.717, 1.165) is 25.7 Å². The average Bonchev–Trinajstić information content (AvgIpc) is 2.40. The van der Waals surface area contributed by atoms with E-state index in [1.807, 2.05) is 0 Å². The SMILES string of the molecule is O=C(O)O.O=C(OC1CCCCC1)OC1CCCCC1. The third kappa shape index (κ3) is 7.86. The summed E-state index contributed by atoms with van der Waals surface area (Å²) in [5, 5.41) is 13.9. The summed E-state index contributed by atoms with van der Waals surface area (Å²) in [6.45, 7) is 0. The third-order valence-corrected chi connectivity index (χ3v) is 3.63. The van der Waals surface area contributed by atoms with Gasteiger partial charge in [-0.1, -0.05) is 12.8 Å². The van der Waals surface area contributed by atoms with Gasteiger partial charge >= 0.3 is 12.3 Å². The van der Waals surface area contributed by atoms with E-state index in [9.17, 15) is 4.79 Å². The van der Waals surface area contributed by atoms with Gasteiger partial charge in [0.2, 0.25) is 0 Å². The molecule has 0 heterocycles. The lowest BCUT2D eigenvalue weighted by atomic mass is 9.98. The van der Waals surface area contributed by atoms with Crippen molar-refractivity contribution in [2.75, 3.05) is 0 Å². The highest BCUT2D eigenvalue weighted by Gasteiger charge is 2.22. The fraction of sp³-hybridized carbons (Fsp3) is 0.857. The Balaban J connectivity index is 0.000000444. The highest BCUT2D eigenvalue weighted by atomic mass is 16.7. The van der Waals surface area contributed by atoms with Crippen LogP contribution < -0.4 is 0 Å². The predicted octanol–water partition coefficient (Wildman–Crippen LogP) is 4.03. The zero-order chi connectivity index (χ0) is 14.8. The summed E-state index contributed by atoms with van der Waals surface area (Å²) in [6.07, 6.45) is 9.30. The van der Waals surface area contributed by atoms with Gasteiger partial charge in [0.25, 0.3) is 0 Å². The Morgan fingerprint density at radius 3 is 1.30 bits per heavy atom. The Hall–Kier alpha value is -1.46. The largest absolute Gasteiger partial charge is 0.508 e. The molecule has 0 bridgehead atoms. The molecule has 0 atom stereocenters. The Labute approximate surface area is 119 Å². The summed E-state index contributed by atoms with van der Waals surface area (Å²) in [5.74, 6) is 0. The van der Waals surface area contributed by atoms with Crippen molar-refractivity contribution in [3.05, 3.63) is 0 Å². The van der Waals surface area contributed by atoms with E-state index in [1.165, 1.54) is 38.5 Å². The van der Waals surface area contributed by atoms with Gasteiger partial charge in [-0.25, -0.2) is 9.59 Å². The molecule has 0 unspecified atom stereocenters. The molecule has 6 nitrogen and oxygen atoms in total. The molecular weight excluding hydrogens is 264 g/mol. The van der Waals surface area contributed by atoms with Crippen LogP contribution in [0.15, 0.2) is 0 Å². The number of ether oxygens (including phenoxy) is 2. The fourth-order valence-electron chi connectivity index (χ4n) is 2.67. The molecule has 0 aromatic rings. The molecule has 2 fully saturated rings. The molecule has 0 aliphatic heterocycles. The van der Waals surface area contributed by atoms with Gasteiger partial charge in [0, 0.05) is 0 Å². The maximum atomic E-state index is 11.5. The molecule has 0 amide bonds. The molecule has 0 spiro atoms. The lowest BCUT2D eigenvalue weighted by Crippen LogP contribution is -2.26. The number of carbonyl (C=O) groups excluding carboxylic acids is 1. The molecule has 2 rings (SSSR count). The summed E-state index contributed by atoms with van der Waals surface area (Å²) in [6, 6.07) is 0. The maximum absolute atomic E-state index is 11.5. The van der Waals surface area contributed by atoms with Gasteiger partial charge in [0.1, 0.15) is 12.2 Å². The normalized spacial score (nSPS) is 20.4. The van der Waals surface area contributed by atoms with Gasteiger partial charge < -0.3 is 19.7 Å². The smallest absolute Gasteiger partial charge is 0.450 e. The van der Waals surface area contributed by atoms with Gasteiger partial charge in [-0.05, 0) is 51.4 Å². The van der Waals surface area contributed by atoms with E-state index in [4.69, 9.17) is 24.5 Å². The Morgan fingerprint density at radius 2 is 1.00 bits per heavy atom. The van der Waals surface area contributed by atoms with Crippen molar-refractivity contribution in [3.8, 4) is 0 Å². The average molecular weight is 288 g/mol. The first-order valence-corrected chi connectivity index (χ1v) is 7.37. The monoisotopic (exact) mass is 288 g/mol. The highest BCUT2D eigenvalue weighted by Crippen LogP contribution is 2.23. The van der Waals surface area contributed by atoms with Crippen molar-refractivity contribution in [1.29, 1.82) is 0 Å². The van der Waals surface area contributed by atoms with Crippen molar-refractivity contribution < 1.29 is 29.3 Å². The minimum absolute atomic E-state index is 0.116. The second-order valence-corrected chi connectivity index (χ2v) is 5.29. The van der Waals surface area contributed by atoms with E-state index in [0.29, 0.717) is 0 Å². The first kappa shape index (κ1) is 16.6. The fourth-order valence-corrected chi connectivity index (χ4v) is 2.67. The Morgan fingerprint density at radius 1 is 0.700 bits per heavy atom. The molecule has 6 heteroatoms. The van der Waals surface area contributed by atoms with E-state index in [1.54, 1.807) is 0 Å². The van der Waals surface area contributed by atoms with Gasteiger partial charge in [0.15, 0.2) is 0 Å². The topological polar surface area (TPSA) is 93.1 Å². The zero-order valence-electron chi connectivity index (χ0n) is 11.8. The van der Waals surface area contributed by atoms with Crippen molar-refractivity contribution in [2.45, 2.75) is 76.4 Å². The van der Waals surface area contributed by atoms with Crippen LogP contribution in [0.3, 0.4) is 0 Å². The van der Waals surface area contributed by atoms with Gasteiger partial charge in [0.05, 0.1) is 0 Å². The van der Waals surface area contributed by atoms with E-state index in [2.05, 4.69) is 0 Å². The number of carboxylic acid groups (broad SMARTS) is 2.